The lowest BCUT2D eigenvalue weighted by Gasteiger charge is -2.18. The third-order valence-electron chi connectivity index (χ3n) is 3.12. The van der Waals surface area contributed by atoms with Crippen molar-refractivity contribution in [3.8, 4) is 5.82 Å². The zero-order chi connectivity index (χ0) is 21.1. The highest BCUT2D eigenvalue weighted by Crippen LogP contribution is 2.41. The van der Waals surface area contributed by atoms with Crippen molar-refractivity contribution in [3.63, 3.8) is 0 Å². The first-order valence-corrected chi connectivity index (χ1v) is 10.2. The molecule has 0 bridgehead atoms. The Balaban J connectivity index is 2.40. The molecule has 9 nitrogen and oxygen atoms in total. The predicted molar refractivity (Wildman–Crippen MR) is 95.7 cm³/mol. The topological polar surface area (TPSA) is 107 Å². The number of pyridine rings is 1. The molecule has 0 radical (unpaired) electrons. The lowest BCUT2D eigenvalue weighted by Crippen LogP contribution is -2.39. The molecular formula is C13H12ClF3N5O4PS. The van der Waals surface area contributed by atoms with Gasteiger partial charge in [-0.2, -0.15) is 18.3 Å². The minimum Gasteiger partial charge on any atom is -0.317 e. The lowest BCUT2D eigenvalue weighted by atomic mass is 10.3. The third kappa shape index (κ3) is 5.06. The zero-order valence-electron chi connectivity index (χ0n) is 14.2. The molecule has 0 saturated carbocycles. The van der Waals surface area contributed by atoms with Gasteiger partial charge in [0.25, 0.3) is 12.5 Å². The Kier molecular flexibility index (Phi) is 6.78. The fraction of sp³-hybridized carbons (Fsp3) is 0.231. The summed E-state index contributed by atoms with van der Waals surface area (Å²) >= 11 is 10.8. The van der Waals surface area contributed by atoms with Gasteiger partial charge in [0.05, 0.1) is 5.02 Å². The molecule has 3 amide bonds. The van der Waals surface area contributed by atoms with Crippen LogP contribution in [0.2, 0.25) is 5.02 Å². The first-order chi connectivity index (χ1) is 13.0. The predicted octanol–water partition coefficient (Wildman–Crippen LogP) is 2.90. The maximum Gasteiger partial charge on any atom is 0.435 e. The second-order valence-corrected chi connectivity index (χ2v) is 8.69. The van der Waals surface area contributed by atoms with E-state index in [9.17, 15) is 22.8 Å². The highest BCUT2D eigenvalue weighted by atomic mass is 35.5. The molecule has 28 heavy (non-hydrogen) atoms. The van der Waals surface area contributed by atoms with E-state index in [1.54, 1.807) is 0 Å². The van der Waals surface area contributed by atoms with Crippen molar-refractivity contribution in [2.45, 2.75) is 6.18 Å². The summed E-state index contributed by atoms with van der Waals surface area (Å²) in [6.45, 7) is -3.20. The van der Waals surface area contributed by atoms with E-state index >= 15 is 0 Å². The van der Waals surface area contributed by atoms with Crippen LogP contribution in [0.25, 0.3) is 5.82 Å². The van der Waals surface area contributed by atoms with Gasteiger partial charge in [-0.1, -0.05) is 11.6 Å². The van der Waals surface area contributed by atoms with Crippen LogP contribution in [-0.4, -0.2) is 40.9 Å². The summed E-state index contributed by atoms with van der Waals surface area (Å²) in [5.41, 5.74) is -2.01. The molecule has 0 aromatic carbocycles. The Morgan fingerprint density at radius 3 is 2.50 bits per heavy atom. The molecule has 2 aromatic rings. The summed E-state index contributed by atoms with van der Waals surface area (Å²) in [5.74, 6) is -1.44. The minimum atomic E-state index is -4.85. The van der Waals surface area contributed by atoms with E-state index in [-0.39, 0.29) is 10.8 Å². The molecule has 0 spiro atoms. The van der Waals surface area contributed by atoms with Gasteiger partial charge in [-0.25, -0.2) is 14.5 Å². The standard InChI is InChI=1S/C13H12ClF3N5O4PS/c1-25-27(28,26-2)21-12(24)19-11(23)8-6-9(13(15,16)17)20-22(8)10-7(14)4-3-5-18-10/h3-6H,1-2H3,(H2,19,21,23,24,28). The number of amides is 3. The molecule has 0 aliphatic carbocycles. The van der Waals surface area contributed by atoms with Crippen LogP contribution < -0.4 is 10.4 Å². The number of rotatable bonds is 5. The van der Waals surface area contributed by atoms with E-state index in [1.807, 2.05) is 5.32 Å². The Bertz CT molecular complexity index is 946. The quantitative estimate of drug-likeness (QED) is 0.665. The van der Waals surface area contributed by atoms with E-state index in [4.69, 9.17) is 32.5 Å². The normalized spacial score (nSPS) is 11.9. The van der Waals surface area contributed by atoms with Gasteiger partial charge in [-0.05, 0) is 23.9 Å². The van der Waals surface area contributed by atoms with Crippen LogP contribution in [0.4, 0.5) is 18.0 Å². The van der Waals surface area contributed by atoms with Gasteiger partial charge >= 0.3 is 12.2 Å². The fourth-order valence-corrected chi connectivity index (χ4v) is 2.95. The van der Waals surface area contributed by atoms with Gasteiger partial charge in [-0.3, -0.25) is 15.2 Å². The van der Waals surface area contributed by atoms with Crippen molar-refractivity contribution in [2.24, 2.45) is 0 Å². The summed E-state index contributed by atoms with van der Waals surface area (Å²) < 4.78 is 49.4. The second-order valence-electron chi connectivity index (χ2n) is 4.89. The molecule has 2 aromatic heterocycles. The van der Waals surface area contributed by atoms with Gasteiger partial charge in [0.2, 0.25) is 0 Å². The summed E-state index contributed by atoms with van der Waals surface area (Å²) in [7, 11) is 2.36. The summed E-state index contributed by atoms with van der Waals surface area (Å²) in [5, 5.41) is 7.22. The van der Waals surface area contributed by atoms with E-state index in [0.29, 0.717) is 10.7 Å². The average molecular weight is 458 g/mol. The van der Waals surface area contributed by atoms with Crippen molar-refractivity contribution < 1.29 is 31.8 Å². The molecule has 0 aliphatic heterocycles. The molecule has 2 N–H and O–H groups in total. The van der Waals surface area contributed by atoms with Crippen LogP contribution in [0.15, 0.2) is 24.4 Å². The zero-order valence-corrected chi connectivity index (χ0v) is 16.6. The number of imide groups is 1. The fourth-order valence-electron chi connectivity index (χ4n) is 1.86. The number of urea groups is 1. The molecule has 2 heterocycles. The van der Waals surface area contributed by atoms with E-state index in [2.05, 4.69) is 15.2 Å². The Morgan fingerprint density at radius 2 is 1.96 bits per heavy atom. The van der Waals surface area contributed by atoms with Crippen molar-refractivity contribution in [3.05, 3.63) is 40.8 Å². The second kappa shape index (κ2) is 8.53. The van der Waals surface area contributed by atoms with E-state index < -0.39 is 36.1 Å². The summed E-state index contributed by atoms with van der Waals surface area (Å²) in [6, 6.07) is 2.11. The highest BCUT2D eigenvalue weighted by molar-refractivity contribution is 8.09. The van der Waals surface area contributed by atoms with Crippen molar-refractivity contribution in [2.75, 3.05) is 14.2 Å². The number of nitrogens with one attached hydrogen (secondary N) is 2. The van der Waals surface area contributed by atoms with Crippen LogP contribution in [0, 0.1) is 0 Å². The van der Waals surface area contributed by atoms with Crippen LogP contribution in [0.3, 0.4) is 0 Å². The van der Waals surface area contributed by atoms with Crippen LogP contribution in [0.5, 0.6) is 0 Å². The molecule has 15 heteroatoms. The Morgan fingerprint density at radius 1 is 1.32 bits per heavy atom. The van der Waals surface area contributed by atoms with E-state index in [0.717, 1.165) is 0 Å². The van der Waals surface area contributed by atoms with E-state index in [1.165, 1.54) is 32.5 Å². The molecule has 0 saturated heterocycles. The molecule has 0 fully saturated rings. The first-order valence-electron chi connectivity index (χ1n) is 7.14. The number of carbonyl (C=O) groups is 2. The number of aromatic nitrogens is 3. The molecule has 152 valence electrons. The minimum absolute atomic E-state index is 0.0629. The number of hydrogen-bond acceptors (Lipinski definition) is 7. The monoisotopic (exact) mass is 457 g/mol. The number of carbonyl (C=O) groups excluding carboxylic acids is 2. The van der Waals surface area contributed by atoms with Gasteiger partial charge in [0, 0.05) is 26.5 Å². The van der Waals surface area contributed by atoms with Crippen molar-refractivity contribution >= 4 is 42.0 Å². The van der Waals surface area contributed by atoms with Gasteiger partial charge < -0.3 is 9.05 Å². The number of alkyl halides is 3. The van der Waals surface area contributed by atoms with Crippen molar-refractivity contribution in [1.29, 1.82) is 0 Å². The number of hydrogen-bond donors (Lipinski definition) is 2. The largest absolute Gasteiger partial charge is 0.435 e. The SMILES string of the molecule is COP(=S)(NC(=O)NC(=O)c1cc(C(F)(F)F)nn1-c1ncccc1Cl)OC. The molecule has 0 aliphatic rings. The smallest absolute Gasteiger partial charge is 0.317 e. The number of nitrogens with zero attached hydrogens (tertiary/aromatic N) is 3. The maximum absolute atomic E-state index is 13.1. The number of halogens is 4. The Hall–Kier alpha value is -2.05. The van der Waals surface area contributed by atoms with Gasteiger partial charge in [0.1, 0.15) is 5.69 Å². The van der Waals surface area contributed by atoms with Crippen LogP contribution in [0.1, 0.15) is 16.2 Å². The third-order valence-corrected chi connectivity index (χ3v) is 6.02. The van der Waals surface area contributed by atoms with Crippen LogP contribution >= 0.6 is 18.2 Å². The van der Waals surface area contributed by atoms with Crippen molar-refractivity contribution in [1.82, 2.24) is 25.2 Å². The summed E-state index contributed by atoms with van der Waals surface area (Å²) in [4.78, 5) is 28.2. The first kappa shape index (κ1) is 22.2. The molecule has 0 atom stereocenters. The highest BCUT2D eigenvalue weighted by Gasteiger charge is 2.37. The molecule has 2 rings (SSSR count). The Labute approximate surface area is 166 Å². The molecule has 0 unspecified atom stereocenters. The van der Waals surface area contributed by atoms with Gasteiger partial charge in [0.15, 0.2) is 11.5 Å². The lowest BCUT2D eigenvalue weighted by molar-refractivity contribution is -0.141. The van der Waals surface area contributed by atoms with Gasteiger partial charge in [-0.15, -0.1) is 0 Å². The maximum atomic E-state index is 13.1. The molecular weight excluding hydrogens is 446 g/mol. The van der Waals surface area contributed by atoms with Crippen LogP contribution in [-0.2, 0) is 27.0 Å². The summed E-state index contributed by atoms with van der Waals surface area (Å²) in [6.07, 6.45) is -3.60. The average Bonchev–Trinajstić information content (AvgIpc) is 3.07.